The van der Waals surface area contributed by atoms with Gasteiger partial charge >= 0.3 is 13.3 Å². The van der Waals surface area contributed by atoms with E-state index in [9.17, 15) is 27.6 Å². The number of rotatable bonds is 5. The molecule has 0 aliphatic carbocycles. The number of hydrogen-bond acceptors (Lipinski definition) is 3. The van der Waals surface area contributed by atoms with Crippen LogP contribution in [0.4, 0.5) is 17.6 Å². The van der Waals surface area contributed by atoms with Crippen LogP contribution in [0, 0.1) is 5.82 Å². The molecule has 0 saturated carbocycles. The van der Waals surface area contributed by atoms with Crippen LogP contribution in [0.1, 0.15) is 11.1 Å². The molecule has 0 spiro atoms. The zero-order valence-corrected chi connectivity index (χ0v) is 11.8. The quantitative estimate of drug-likeness (QED) is 0.653. The Hall–Kier alpha value is -2.06. The second-order valence-electron chi connectivity index (χ2n) is 4.85. The lowest BCUT2D eigenvalue weighted by Gasteiger charge is -2.14. The van der Waals surface area contributed by atoms with Crippen molar-refractivity contribution < 1.29 is 32.3 Å². The molecule has 0 amide bonds. The van der Waals surface area contributed by atoms with Crippen LogP contribution in [0.25, 0.3) is 0 Å². The van der Waals surface area contributed by atoms with Gasteiger partial charge in [0.15, 0.2) is 0 Å². The van der Waals surface area contributed by atoms with Crippen molar-refractivity contribution >= 4 is 12.6 Å². The number of halogens is 4. The molecule has 0 fully saturated rings. The lowest BCUT2D eigenvalue weighted by molar-refractivity contribution is -0.137. The molecular formula is C15H13BF4O3. The average Bonchev–Trinajstić information content (AvgIpc) is 2.48. The van der Waals surface area contributed by atoms with Crippen molar-refractivity contribution in [1.82, 2.24) is 0 Å². The summed E-state index contributed by atoms with van der Waals surface area (Å²) >= 11 is 0. The third-order valence-corrected chi connectivity index (χ3v) is 3.18. The van der Waals surface area contributed by atoms with Gasteiger partial charge in [-0.25, -0.2) is 4.39 Å². The van der Waals surface area contributed by atoms with E-state index in [1.54, 1.807) is 0 Å². The molecule has 0 aliphatic heterocycles. The van der Waals surface area contributed by atoms with E-state index in [-0.39, 0.29) is 17.8 Å². The molecule has 0 unspecified atom stereocenters. The summed E-state index contributed by atoms with van der Waals surface area (Å²) in [4.78, 5) is 0. The third-order valence-electron chi connectivity index (χ3n) is 3.18. The fraction of sp³-hybridized carbons (Fsp3) is 0.200. The van der Waals surface area contributed by atoms with Crippen LogP contribution in [-0.2, 0) is 12.6 Å². The van der Waals surface area contributed by atoms with E-state index in [2.05, 4.69) is 0 Å². The normalized spacial score (nSPS) is 11.4. The minimum absolute atomic E-state index is 0.00661. The molecule has 8 heteroatoms. The molecular weight excluding hydrogens is 315 g/mol. The van der Waals surface area contributed by atoms with Gasteiger partial charge in [-0.2, -0.15) is 13.2 Å². The van der Waals surface area contributed by atoms with Crippen LogP contribution < -0.4 is 10.2 Å². The fourth-order valence-electron chi connectivity index (χ4n) is 1.98. The largest absolute Gasteiger partial charge is 0.494 e. The van der Waals surface area contributed by atoms with Gasteiger partial charge in [-0.3, -0.25) is 0 Å². The topological polar surface area (TPSA) is 49.7 Å². The average molecular weight is 328 g/mol. The van der Waals surface area contributed by atoms with Crippen LogP contribution in [0.15, 0.2) is 42.5 Å². The Balaban J connectivity index is 2.11. The first-order valence-corrected chi connectivity index (χ1v) is 6.72. The minimum atomic E-state index is -4.56. The van der Waals surface area contributed by atoms with Crippen LogP contribution >= 0.6 is 0 Å². The monoisotopic (exact) mass is 328 g/mol. The molecule has 2 aromatic carbocycles. The summed E-state index contributed by atoms with van der Waals surface area (Å²) in [6.45, 7) is 0.00661. The molecule has 0 heterocycles. The lowest BCUT2D eigenvalue weighted by atomic mass is 9.79. The zero-order valence-electron chi connectivity index (χ0n) is 11.8. The molecule has 0 bridgehead atoms. The summed E-state index contributed by atoms with van der Waals surface area (Å²) in [6.07, 6.45) is -4.23. The second kappa shape index (κ2) is 7.01. The predicted octanol–water partition coefficient (Wildman–Crippen LogP) is 2.15. The van der Waals surface area contributed by atoms with E-state index in [4.69, 9.17) is 4.74 Å². The van der Waals surface area contributed by atoms with Crippen LogP contribution in [0.3, 0.4) is 0 Å². The highest BCUT2D eigenvalue weighted by atomic mass is 19.4. The molecule has 0 saturated heterocycles. The molecule has 23 heavy (non-hydrogen) atoms. The molecule has 122 valence electrons. The van der Waals surface area contributed by atoms with Crippen molar-refractivity contribution in [3.8, 4) is 5.75 Å². The Morgan fingerprint density at radius 2 is 1.65 bits per heavy atom. The van der Waals surface area contributed by atoms with Crippen molar-refractivity contribution in [2.45, 2.75) is 12.6 Å². The predicted molar refractivity (Wildman–Crippen MR) is 76.9 cm³/mol. The number of hydrogen-bond donors (Lipinski definition) is 2. The van der Waals surface area contributed by atoms with E-state index in [1.165, 1.54) is 24.3 Å². The maximum absolute atomic E-state index is 12.8. The Morgan fingerprint density at radius 1 is 1.00 bits per heavy atom. The molecule has 2 rings (SSSR count). The smallest absolute Gasteiger partial charge is 0.492 e. The highest BCUT2D eigenvalue weighted by Gasteiger charge is 2.32. The summed E-state index contributed by atoms with van der Waals surface area (Å²) in [7, 11) is -1.95. The second-order valence-corrected chi connectivity index (χ2v) is 4.85. The van der Waals surface area contributed by atoms with E-state index >= 15 is 0 Å². The Morgan fingerprint density at radius 3 is 2.22 bits per heavy atom. The number of alkyl halides is 3. The van der Waals surface area contributed by atoms with E-state index in [0.29, 0.717) is 6.42 Å². The standard InChI is InChI=1S/C15H13BF4O3/c17-12-4-1-10(2-5-12)7-8-23-14-9-11(15(18,19)20)3-6-13(14)16(21)22/h1-6,9,21-22H,7-8H2. The van der Waals surface area contributed by atoms with Gasteiger partial charge in [-0.05, 0) is 23.8 Å². The van der Waals surface area contributed by atoms with Crippen LogP contribution in [0.2, 0.25) is 0 Å². The van der Waals surface area contributed by atoms with Gasteiger partial charge in [0.25, 0.3) is 0 Å². The molecule has 2 aromatic rings. The van der Waals surface area contributed by atoms with Gasteiger partial charge in [-0.15, -0.1) is 0 Å². The molecule has 0 aliphatic rings. The summed E-state index contributed by atoms with van der Waals surface area (Å²) < 4.78 is 56.2. The van der Waals surface area contributed by atoms with E-state index in [0.717, 1.165) is 23.8 Å². The van der Waals surface area contributed by atoms with Gasteiger partial charge in [-0.1, -0.05) is 24.3 Å². The lowest BCUT2D eigenvalue weighted by Crippen LogP contribution is -2.32. The van der Waals surface area contributed by atoms with Crippen molar-refractivity contribution in [3.63, 3.8) is 0 Å². The summed E-state index contributed by atoms with van der Waals surface area (Å²) in [5, 5.41) is 18.4. The van der Waals surface area contributed by atoms with Crippen LogP contribution in [-0.4, -0.2) is 23.8 Å². The third kappa shape index (κ3) is 4.71. The zero-order chi connectivity index (χ0) is 17.0. The number of benzene rings is 2. The van der Waals surface area contributed by atoms with Gasteiger partial charge in [0, 0.05) is 11.9 Å². The van der Waals surface area contributed by atoms with Crippen molar-refractivity contribution in [1.29, 1.82) is 0 Å². The first-order valence-electron chi connectivity index (χ1n) is 6.72. The first kappa shape index (κ1) is 17.3. The molecule has 2 N–H and O–H groups in total. The molecule has 0 atom stereocenters. The minimum Gasteiger partial charge on any atom is -0.494 e. The summed E-state index contributed by atoms with van der Waals surface area (Å²) in [6, 6.07) is 8.03. The molecule has 0 aromatic heterocycles. The van der Waals surface area contributed by atoms with E-state index in [1.807, 2.05) is 0 Å². The highest BCUT2D eigenvalue weighted by Crippen LogP contribution is 2.30. The Bertz CT molecular complexity index is 657. The fourth-order valence-corrected chi connectivity index (χ4v) is 1.98. The van der Waals surface area contributed by atoms with Gasteiger partial charge in [0.05, 0.1) is 12.2 Å². The summed E-state index contributed by atoms with van der Waals surface area (Å²) in [5.74, 6) is -0.643. The highest BCUT2D eigenvalue weighted by molar-refractivity contribution is 6.59. The summed E-state index contributed by atoms with van der Waals surface area (Å²) in [5.41, 5.74) is -0.361. The first-order chi connectivity index (χ1) is 10.8. The number of ether oxygens (including phenoxy) is 1. The SMILES string of the molecule is OB(O)c1ccc(C(F)(F)F)cc1OCCc1ccc(F)cc1. The van der Waals surface area contributed by atoms with Gasteiger partial charge < -0.3 is 14.8 Å². The van der Waals surface area contributed by atoms with Crippen molar-refractivity contribution in [3.05, 3.63) is 59.4 Å². The maximum atomic E-state index is 12.8. The maximum Gasteiger partial charge on any atom is 0.492 e. The van der Waals surface area contributed by atoms with E-state index < -0.39 is 24.7 Å². The Kier molecular flexibility index (Phi) is 5.28. The Labute approximate surface area is 130 Å². The van der Waals surface area contributed by atoms with Gasteiger partial charge in [0.1, 0.15) is 11.6 Å². The molecule has 0 radical (unpaired) electrons. The van der Waals surface area contributed by atoms with Crippen molar-refractivity contribution in [2.24, 2.45) is 0 Å². The molecule has 3 nitrogen and oxygen atoms in total. The van der Waals surface area contributed by atoms with Crippen LogP contribution in [0.5, 0.6) is 5.75 Å². The van der Waals surface area contributed by atoms with Crippen molar-refractivity contribution in [2.75, 3.05) is 6.61 Å². The van der Waals surface area contributed by atoms with Gasteiger partial charge in [0.2, 0.25) is 0 Å².